The van der Waals surface area contributed by atoms with E-state index in [9.17, 15) is 14.4 Å². The van der Waals surface area contributed by atoms with Crippen LogP contribution < -0.4 is 16.0 Å². The molecule has 7 nitrogen and oxygen atoms in total. The lowest BCUT2D eigenvalue weighted by atomic mass is 10.0. The molecule has 0 aliphatic heterocycles. The molecule has 53 heavy (non-hydrogen) atoms. The molecule has 0 aliphatic rings. The second-order valence-corrected chi connectivity index (χ2v) is 17.0. The number of nitrogens with one attached hydrogen (secondary N) is 3. The summed E-state index contributed by atoms with van der Waals surface area (Å²) in [6.45, 7) is 11.2. The highest BCUT2D eigenvalue weighted by Gasteiger charge is 2.25. The van der Waals surface area contributed by atoms with Crippen LogP contribution in [0.3, 0.4) is 0 Å². The van der Waals surface area contributed by atoms with Crippen LogP contribution >= 0.6 is 0 Å². The van der Waals surface area contributed by atoms with Gasteiger partial charge in [0, 0.05) is 19.5 Å². The molecule has 0 heterocycles. The van der Waals surface area contributed by atoms with Crippen molar-refractivity contribution in [1.82, 2.24) is 16.0 Å². The number of amides is 3. The van der Waals surface area contributed by atoms with Crippen molar-refractivity contribution < 1.29 is 19.1 Å². The van der Waals surface area contributed by atoms with Crippen LogP contribution in [0, 0.1) is 0 Å². The van der Waals surface area contributed by atoms with Gasteiger partial charge in [-0.15, -0.1) is 0 Å². The highest BCUT2D eigenvalue weighted by Crippen LogP contribution is 2.15. The lowest BCUT2D eigenvalue weighted by Crippen LogP contribution is -2.48. The molecule has 0 saturated carbocycles. The fraction of sp³-hybridized carbons (Fsp3) is 0.935. The van der Waals surface area contributed by atoms with Crippen LogP contribution in [-0.4, -0.2) is 42.6 Å². The number of hydrogen-bond acceptors (Lipinski definition) is 4. The summed E-state index contributed by atoms with van der Waals surface area (Å²) >= 11 is 0. The van der Waals surface area contributed by atoms with Crippen molar-refractivity contribution in [1.29, 1.82) is 0 Å². The summed E-state index contributed by atoms with van der Waals surface area (Å²) in [7, 11) is 0. The first kappa shape index (κ1) is 51.2. The van der Waals surface area contributed by atoms with Crippen LogP contribution in [0.5, 0.6) is 0 Å². The minimum Gasteiger partial charge on any atom is -0.444 e. The smallest absolute Gasteiger partial charge is 0.408 e. The Morgan fingerprint density at radius 2 is 0.755 bits per heavy atom. The van der Waals surface area contributed by atoms with Gasteiger partial charge < -0.3 is 20.7 Å². The Kier molecular flexibility index (Phi) is 37.2. The monoisotopic (exact) mass is 750 g/mol. The molecular weight excluding hydrogens is 659 g/mol. The molecule has 0 rings (SSSR count). The van der Waals surface area contributed by atoms with Crippen LogP contribution in [0.15, 0.2) is 0 Å². The van der Waals surface area contributed by atoms with E-state index in [4.69, 9.17) is 4.74 Å². The standard InChI is InChI=1S/C46H91N3O4/c1-6-8-10-12-14-16-18-20-22-24-26-28-30-32-34-36-40-47-43(50)39-38-42(49-45(52)53-46(3,4)5)44(51)48-41-37-35-33-31-29-27-25-23-21-19-17-15-13-11-9-7-2/h42H,6-41H2,1-5H3,(H,47,50)(H,48,51)(H,49,52). The van der Waals surface area contributed by atoms with E-state index in [2.05, 4.69) is 29.8 Å². The second-order valence-electron chi connectivity index (χ2n) is 17.0. The first-order chi connectivity index (χ1) is 25.7. The van der Waals surface area contributed by atoms with Gasteiger partial charge in [0.2, 0.25) is 11.8 Å². The highest BCUT2D eigenvalue weighted by molar-refractivity contribution is 5.86. The Bertz CT molecular complexity index is 828. The quantitative estimate of drug-likeness (QED) is 0.0545. The Morgan fingerprint density at radius 1 is 0.453 bits per heavy atom. The maximum Gasteiger partial charge on any atom is 0.408 e. The number of carbonyl (C=O) groups excluding carboxylic acids is 3. The zero-order chi connectivity index (χ0) is 39.1. The average molecular weight is 750 g/mol. The minimum absolute atomic E-state index is 0.0763. The summed E-state index contributed by atoms with van der Waals surface area (Å²) in [5.74, 6) is -0.324. The van der Waals surface area contributed by atoms with E-state index >= 15 is 0 Å². The maximum atomic E-state index is 13.0. The van der Waals surface area contributed by atoms with Gasteiger partial charge in [-0.2, -0.15) is 0 Å². The van der Waals surface area contributed by atoms with Crippen molar-refractivity contribution >= 4 is 17.9 Å². The molecule has 0 spiro atoms. The summed E-state index contributed by atoms with van der Waals surface area (Å²) in [6.07, 6.45) is 42.0. The summed E-state index contributed by atoms with van der Waals surface area (Å²) in [4.78, 5) is 38.1. The maximum absolute atomic E-state index is 13.0. The number of ether oxygens (including phenoxy) is 1. The molecule has 0 saturated heterocycles. The fourth-order valence-corrected chi connectivity index (χ4v) is 6.99. The third-order valence-corrected chi connectivity index (χ3v) is 10.3. The number of rotatable bonds is 39. The third-order valence-electron chi connectivity index (χ3n) is 10.3. The summed E-state index contributed by atoms with van der Waals surface area (Å²) < 4.78 is 5.40. The van der Waals surface area contributed by atoms with Crippen molar-refractivity contribution in [3.05, 3.63) is 0 Å². The van der Waals surface area contributed by atoms with E-state index in [1.807, 2.05) is 0 Å². The topological polar surface area (TPSA) is 96.5 Å². The molecular formula is C46H91N3O4. The lowest BCUT2D eigenvalue weighted by Gasteiger charge is -2.23. The van der Waals surface area contributed by atoms with Gasteiger partial charge in [0.25, 0.3) is 0 Å². The van der Waals surface area contributed by atoms with Crippen molar-refractivity contribution in [3.63, 3.8) is 0 Å². The van der Waals surface area contributed by atoms with Crippen molar-refractivity contribution in [2.45, 2.75) is 265 Å². The number of carbonyl (C=O) groups is 3. The summed E-state index contributed by atoms with van der Waals surface area (Å²) in [5, 5.41) is 8.70. The van der Waals surface area contributed by atoms with Crippen molar-refractivity contribution in [2.24, 2.45) is 0 Å². The normalized spacial score (nSPS) is 12.1. The molecule has 1 unspecified atom stereocenters. The molecule has 0 bridgehead atoms. The van der Waals surface area contributed by atoms with Gasteiger partial charge in [-0.05, 0) is 40.0 Å². The van der Waals surface area contributed by atoms with Crippen molar-refractivity contribution in [3.8, 4) is 0 Å². The number of hydrogen-bond donors (Lipinski definition) is 3. The third kappa shape index (κ3) is 39.7. The number of alkyl carbamates (subject to hydrolysis) is 1. The van der Waals surface area contributed by atoms with Crippen LogP contribution in [0.2, 0.25) is 0 Å². The molecule has 0 aromatic rings. The van der Waals surface area contributed by atoms with E-state index in [0.29, 0.717) is 13.1 Å². The molecule has 0 aromatic carbocycles. The van der Waals surface area contributed by atoms with E-state index in [-0.39, 0.29) is 24.7 Å². The predicted octanol–water partition coefficient (Wildman–Crippen LogP) is 13.4. The molecule has 0 aromatic heterocycles. The van der Waals surface area contributed by atoms with Crippen LogP contribution in [0.1, 0.15) is 253 Å². The van der Waals surface area contributed by atoms with E-state index in [1.54, 1.807) is 20.8 Å². The second kappa shape index (κ2) is 38.5. The van der Waals surface area contributed by atoms with Gasteiger partial charge in [0.1, 0.15) is 11.6 Å². The molecule has 1 atom stereocenters. The molecule has 0 fully saturated rings. The fourth-order valence-electron chi connectivity index (χ4n) is 6.99. The van der Waals surface area contributed by atoms with Gasteiger partial charge in [-0.25, -0.2) is 4.79 Å². The molecule has 0 radical (unpaired) electrons. The first-order valence-electron chi connectivity index (χ1n) is 23.2. The molecule has 3 N–H and O–H groups in total. The van der Waals surface area contributed by atoms with Gasteiger partial charge in [-0.1, -0.05) is 206 Å². The van der Waals surface area contributed by atoms with Gasteiger partial charge in [0.15, 0.2) is 0 Å². The zero-order valence-corrected chi connectivity index (χ0v) is 36.2. The van der Waals surface area contributed by atoms with Gasteiger partial charge >= 0.3 is 6.09 Å². The van der Waals surface area contributed by atoms with E-state index in [0.717, 1.165) is 25.7 Å². The highest BCUT2D eigenvalue weighted by atomic mass is 16.6. The van der Waals surface area contributed by atoms with Crippen LogP contribution in [-0.2, 0) is 14.3 Å². The van der Waals surface area contributed by atoms with Crippen LogP contribution in [0.4, 0.5) is 4.79 Å². The zero-order valence-electron chi connectivity index (χ0n) is 36.2. The molecule has 7 heteroatoms. The number of unbranched alkanes of at least 4 members (excludes halogenated alkanes) is 30. The largest absolute Gasteiger partial charge is 0.444 e. The Balaban J connectivity index is 4.01. The average Bonchev–Trinajstić information content (AvgIpc) is 3.11. The molecule has 0 aliphatic carbocycles. The first-order valence-corrected chi connectivity index (χ1v) is 23.2. The summed E-state index contributed by atoms with van der Waals surface area (Å²) in [5.41, 5.74) is -0.664. The van der Waals surface area contributed by atoms with Gasteiger partial charge in [-0.3, -0.25) is 9.59 Å². The van der Waals surface area contributed by atoms with Crippen molar-refractivity contribution in [2.75, 3.05) is 13.1 Å². The SMILES string of the molecule is CCCCCCCCCCCCCCCCCCNC(=O)CCC(NC(=O)OC(C)(C)C)C(=O)NCCCCCCCCCCCCCCCCCC. The summed E-state index contributed by atoms with van der Waals surface area (Å²) in [6, 6.07) is -0.799. The lowest BCUT2D eigenvalue weighted by molar-refractivity contribution is -0.124. The van der Waals surface area contributed by atoms with E-state index < -0.39 is 17.7 Å². The minimum atomic E-state index is -0.799. The Morgan fingerprint density at radius 3 is 1.08 bits per heavy atom. The van der Waals surface area contributed by atoms with E-state index in [1.165, 1.54) is 180 Å². The Hall–Kier alpha value is -1.79. The Labute approximate surface area is 329 Å². The molecule has 3 amide bonds. The molecule has 314 valence electrons. The predicted molar refractivity (Wildman–Crippen MR) is 228 cm³/mol. The van der Waals surface area contributed by atoms with Gasteiger partial charge in [0.05, 0.1) is 0 Å². The van der Waals surface area contributed by atoms with Crippen LogP contribution in [0.25, 0.3) is 0 Å².